The molecule has 1 aliphatic heterocycles. The van der Waals surface area contributed by atoms with Gasteiger partial charge in [0.1, 0.15) is 17.5 Å². The van der Waals surface area contributed by atoms with Crippen molar-refractivity contribution in [1.29, 1.82) is 0 Å². The molecule has 5 rings (SSSR count). The van der Waals surface area contributed by atoms with E-state index in [0.29, 0.717) is 24.4 Å². The van der Waals surface area contributed by atoms with Gasteiger partial charge in [-0.2, -0.15) is 0 Å². The molecule has 0 radical (unpaired) electrons. The maximum atomic E-state index is 13.8. The number of imidazole rings is 1. The first-order valence-corrected chi connectivity index (χ1v) is 12.2. The van der Waals surface area contributed by atoms with Crippen LogP contribution in [0.2, 0.25) is 0 Å². The molecule has 0 saturated heterocycles. The molecule has 0 spiro atoms. The van der Waals surface area contributed by atoms with E-state index in [1.165, 1.54) is 5.56 Å². The maximum Gasteiger partial charge on any atom is 0.251 e. The van der Waals surface area contributed by atoms with E-state index in [9.17, 15) is 4.79 Å². The van der Waals surface area contributed by atoms with E-state index in [4.69, 9.17) is 4.74 Å². The Morgan fingerprint density at radius 3 is 2.61 bits per heavy atom. The van der Waals surface area contributed by atoms with Crippen molar-refractivity contribution in [2.24, 2.45) is 5.41 Å². The number of nitrogens with zero attached hydrogens (tertiary/aromatic N) is 6. The number of para-hydroxylation sites is 1. The second-order valence-corrected chi connectivity index (χ2v) is 10.6. The number of amides is 1. The number of ether oxygens (including phenoxy) is 1. The number of hydrogen-bond acceptors (Lipinski definition) is 5. The SMILES string of the molecule is COc1cc(-c2cn(C3CCc4ccccc4N(CC(C)(C)C)C3=O)nn2)ccc1-n1cnc(C)c1. The standard InChI is InChI=1S/C28H32N6O2/c1-19-15-32(18-29-19)24-12-11-21(14-26(24)36-5)22-16-34(31-30-22)25-13-10-20-8-6-7-9-23(20)33(27(25)35)17-28(2,3)4/h6-9,11-12,14-16,18,25H,10,13,17H2,1-5H3. The first-order valence-electron chi connectivity index (χ1n) is 12.2. The predicted octanol–water partition coefficient (Wildman–Crippen LogP) is 5.01. The Kier molecular flexibility index (Phi) is 6.12. The Morgan fingerprint density at radius 2 is 1.89 bits per heavy atom. The normalized spacial score (nSPS) is 16.1. The molecule has 4 aromatic rings. The number of benzene rings is 2. The lowest BCUT2D eigenvalue weighted by molar-refractivity contribution is -0.122. The Bertz CT molecular complexity index is 1400. The van der Waals surface area contributed by atoms with Gasteiger partial charge >= 0.3 is 0 Å². The van der Waals surface area contributed by atoms with Crippen LogP contribution in [0.3, 0.4) is 0 Å². The van der Waals surface area contributed by atoms with Crippen LogP contribution in [0, 0.1) is 12.3 Å². The van der Waals surface area contributed by atoms with Gasteiger partial charge < -0.3 is 14.2 Å². The van der Waals surface area contributed by atoms with Crippen molar-refractivity contribution in [2.75, 3.05) is 18.6 Å². The summed E-state index contributed by atoms with van der Waals surface area (Å²) in [5.41, 5.74) is 5.53. The highest BCUT2D eigenvalue weighted by Crippen LogP contribution is 2.34. The molecular formula is C28H32N6O2. The minimum Gasteiger partial charge on any atom is -0.495 e. The number of hydrogen-bond donors (Lipinski definition) is 0. The largest absolute Gasteiger partial charge is 0.495 e. The molecule has 1 aliphatic rings. The third kappa shape index (κ3) is 4.63. The number of rotatable bonds is 5. The van der Waals surface area contributed by atoms with Crippen LogP contribution in [0.4, 0.5) is 5.69 Å². The highest BCUT2D eigenvalue weighted by atomic mass is 16.5. The summed E-state index contributed by atoms with van der Waals surface area (Å²) < 4.78 is 9.31. The van der Waals surface area contributed by atoms with Crippen molar-refractivity contribution in [3.05, 3.63) is 72.4 Å². The molecule has 186 valence electrons. The molecule has 0 N–H and O–H groups in total. The third-order valence-electron chi connectivity index (χ3n) is 6.45. The van der Waals surface area contributed by atoms with Crippen molar-refractivity contribution in [1.82, 2.24) is 24.5 Å². The van der Waals surface area contributed by atoms with Crippen LogP contribution in [0.5, 0.6) is 5.75 Å². The summed E-state index contributed by atoms with van der Waals surface area (Å²) in [5.74, 6) is 0.756. The lowest BCUT2D eigenvalue weighted by atomic mass is 9.95. The first-order chi connectivity index (χ1) is 17.2. The monoisotopic (exact) mass is 484 g/mol. The fraction of sp³-hybridized carbons (Fsp3) is 0.357. The fourth-order valence-electron chi connectivity index (χ4n) is 4.75. The molecule has 0 fully saturated rings. The summed E-state index contributed by atoms with van der Waals surface area (Å²) in [4.78, 5) is 20.1. The number of fused-ring (bicyclic) bond motifs is 1. The molecular weight excluding hydrogens is 452 g/mol. The lowest BCUT2D eigenvalue weighted by Crippen LogP contribution is -2.41. The average molecular weight is 485 g/mol. The van der Waals surface area contributed by atoms with Gasteiger partial charge in [0.2, 0.25) is 0 Å². The molecule has 0 aliphatic carbocycles. The minimum atomic E-state index is -0.420. The fourth-order valence-corrected chi connectivity index (χ4v) is 4.75. The quantitative estimate of drug-likeness (QED) is 0.398. The number of anilines is 1. The van der Waals surface area contributed by atoms with Gasteiger partial charge in [-0.15, -0.1) is 5.10 Å². The summed E-state index contributed by atoms with van der Waals surface area (Å²) >= 11 is 0. The summed E-state index contributed by atoms with van der Waals surface area (Å²) in [6, 6.07) is 13.7. The van der Waals surface area contributed by atoms with Crippen molar-refractivity contribution < 1.29 is 9.53 Å². The molecule has 0 saturated carbocycles. The van der Waals surface area contributed by atoms with Crippen LogP contribution in [0.1, 0.15) is 44.5 Å². The summed E-state index contributed by atoms with van der Waals surface area (Å²) in [6.45, 7) is 9.04. The van der Waals surface area contributed by atoms with Gasteiger partial charge in [0.25, 0.3) is 5.91 Å². The molecule has 36 heavy (non-hydrogen) atoms. The van der Waals surface area contributed by atoms with Gasteiger partial charge in [0, 0.05) is 24.0 Å². The van der Waals surface area contributed by atoms with E-state index in [0.717, 1.165) is 29.1 Å². The zero-order chi connectivity index (χ0) is 25.4. The Hall–Kier alpha value is -3.94. The topological polar surface area (TPSA) is 78.1 Å². The van der Waals surface area contributed by atoms with E-state index < -0.39 is 6.04 Å². The number of aromatic nitrogens is 5. The molecule has 8 heteroatoms. The summed E-state index contributed by atoms with van der Waals surface area (Å²) in [7, 11) is 1.65. The van der Waals surface area contributed by atoms with Gasteiger partial charge in [-0.05, 0) is 48.9 Å². The Labute approximate surface area is 211 Å². The van der Waals surface area contributed by atoms with Gasteiger partial charge in [-0.25, -0.2) is 9.67 Å². The smallest absolute Gasteiger partial charge is 0.251 e. The number of carbonyl (C=O) groups is 1. The van der Waals surface area contributed by atoms with Gasteiger partial charge in [-0.3, -0.25) is 4.79 Å². The molecule has 0 bridgehead atoms. The molecule has 1 atom stereocenters. The Balaban J connectivity index is 1.46. The van der Waals surface area contributed by atoms with Crippen LogP contribution in [0.25, 0.3) is 16.9 Å². The van der Waals surface area contributed by atoms with Crippen LogP contribution in [-0.2, 0) is 11.2 Å². The van der Waals surface area contributed by atoms with Crippen LogP contribution in [-0.4, -0.2) is 44.1 Å². The second-order valence-electron chi connectivity index (χ2n) is 10.6. The molecule has 1 amide bonds. The zero-order valence-electron chi connectivity index (χ0n) is 21.5. The lowest BCUT2D eigenvalue weighted by Gasteiger charge is -2.32. The molecule has 2 aromatic heterocycles. The minimum absolute atomic E-state index is 0.0444. The maximum absolute atomic E-state index is 13.8. The third-order valence-corrected chi connectivity index (χ3v) is 6.45. The van der Waals surface area contributed by atoms with Crippen molar-refractivity contribution >= 4 is 11.6 Å². The van der Waals surface area contributed by atoms with Gasteiger partial charge in [-0.1, -0.05) is 50.3 Å². The van der Waals surface area contributed by atoms with E-state index in [1.54, 1.807) is 18.1 Å². The van der Waals surface area contributed by atoms with E-state index in [1.807, 2.05) is 65.2 Å². The number of methoxy groups -OCH3 is 1. The number of aryl methyl sites for hydroxylation is 2. The molecule has 2 aromatic carbocycles. The van der Waals surface area contributed by atoms with Crippen molar-refractivity contribution in [3.8, 4) is 22.7 Å². The van der Waals surface area contributed by atoms with Gasteiger partial charge in [0.15, 0.2) is 0 Å². The highest BCUT2D eigenvalue weighted by Gasteiger charge is 2.34. The zero-order valence-corrected chi connectivity index (χ0v) is 21.5. The predicted molar refractivity (Wildman–Crippen MR) is 139 cm³/mol. The number of carbonyl (C=O) groups excluding carboxylic acids is 1. The van der Waals surface area contributed by atoms with E-state index in [2.05, 4.69) is 42.1 Å². The Morgan fingerprint density at radius 1 is 1.08 bits per heavy atom. The summed E-state index contributed by atoms with van der Waals surface area (Å²) in [6.07, 6.45) is 7.05. The highest BCUT2D eigenvalue weighted by molar-refractivity contribution is 5.97. The summed E-state index contributed by atoms with van der Waals surface area (Å²) in [5, 5.41) is 8.83. The van der Waals surface area contributed by atoms with Gasteiger partial charge in [0.05, 0.1) is 31.0 Å². The van der Waals surface area contributed by atoms with E-state index in [-0.39, 0.29) is 11.3 Å². The average Bonchev–Trinajstić information content (AvgIpc) is 3.49. The van der Waals surface area contributed by atoms with Crippen LogP contribution < -0.4 is 9.64 Å². The molecule has 3 heterocycles. The van der Waals surface area contributed by atoms with Crippen molar-refractivity contribution in [3.63, 3.8) is 0 Å². The molecule has 8 nitrogen and oxygen atoms in total. The van der Waals surface area contributed by atoms with Crippen molar-refractivity contribution in [2.45, 2.75) is 46.6 Å². The molecule has 1 unspecified atom stereocenters. The first kappa shape index (κ1) is 23.8. The van der Waals surface area contributed by atoms with Crippen LogP contribution in [0.15, 0.2) is 61.2 Å². The second kappa shape index (κ2) is 9.26. The van der Waals surface area contributed by atoms with E-state index >= 15 is 0 Å². The van der Waals surface area contributed by atoms with Crippen LogP contribution >= 0.6 is 0 Å².